The van der Waals surface area contributed by atoms with E-state index in [1.54, 1.807) is 38.1 Å². The van der Waals surface area contributed by atoms with Crippen molar-refractivity contribution in [2.24, 2.45) is 0 Å². The van der Waals surface area contributed by atoms with E-state index in [1.165, 1.54) is 35.0 Å². The number of hydrogen-bond acceptors (Lipinski definition) is 6. The first-order valence-corrected chi connectivity index (χ1v) is 9.80. The molecule has 2 aromatic heterocycles. The highest BCUT2D eigenvalue weighted by Gasteiger charge is 2.32. The fraction of sp³-hybridized carbons (Fsp3) is 0.227. The zero-order chi connectivity index (χ0) is 23.0. The van der Waals surface area contributed by atoms with Crippen molar-refractivity contribution in [3.8, 4) is 11.4 Å². The average Bonchev–Trinajstić information content (AvgIpc) is 2.88. The number of likely N-dealkylation sites (N-methyl/N-ethyl adjacent to an activating group) is 1. The number of aryl methyl sites for hydroxylation is 2. The van der Waals surface area contributed by atoms with Gasteiger partial charge in [0.2, 0.25) is 5.43 Å². The molecule has 0 unspecified atom stereocenters. The summed E-state index contributed by atoms with van der Waals surface area (Å²) in [5, 5.41) is 6.65. The van der Waals surface area contributed by atoms with Crippen molar-refractivity contribution in [3.05, 3.63) is 75.6 Å². The fourth-order valence-corrected chi connectivity index (χ4v) is 3.34. The number of ether oxygens (including phenoxy) is 1. The summed E-state index contributed by atoms with van der Waals surface area (Å²) in [6.07, 6.45) is 1.53. The molecule has 1 aliphatic rings. The number of rotatable bonds is 3. The van der Waals surface area contributed by atoms with Crippen LogP contribution in [0.5, 0.6) is 5.75 Å². The Kier molecular flexibility index (Phi) is 5.43. The molecule has 9 nitrogen and oxygen atoms in total. The van der Waals surface area contributed by atoms with Crippen molar-refractivity contribution in [1.29, 1.82) is 0 Å². The lowest BCUT2D eigenvalue weighted by Crippen LogP contribution is -2.50. The van der Waals surface area contributed by atoms with Crippen molar-refractivity contribution in [1.82, 2.24) is 20.1 Å². The molecule has 0 aliphatic carbocycles. The molecule has 0 radical (unpaired) electrons. The predicted octanol–water partition coefficient (Wildman–Crippen LogP) is 1.54. The van der Waals surface area contributed by atoms with Gasteiger partial charge in [-0.3, -0.25) is 19.3 Å². The highest BCUT2D eigenvalue weighted by Crippen LogP contribution is 2.27. The van der Waals surface area contributed by atoms with Crippen molar-refractivity contribution in [3.63, 3.8) is 0 Å². The standard InChI is InChI=1S/C22H20FN5O4/c1-12-6-7-14(10-15(12)23)28-13(2)9-17(29)19(26-28)21(30)25-16-11-32-18-5-4-8-24-20(18)27(3)22(16)31/h4-10,16H,11H2,1-3H3,(H,25,30)/t16-/m0/s1. The average molecular weight is 437 g/mol. The number of aromatic nitrogens is 3. The van der Waals surface area contributed by atoms with Crippen LogP contribution in [0, 0.1) is 19.7 Å². The SMILES string of the molecule is Cc1ccc(-n2nc(C(=O)N[C@H]3COc4cccnc4N(C)C3=O)c(=O)cc2C)cc1F. The zero-order valence-corrected chi connectivity index (χ0v) is 17.6. The van der Waals surface area contributed by atoms with Crippen LogP contribution < -0.4 is 20.4 Å². The highest BCUT2D eigenvalue weighted by molar-refractivity contribution is 6.02. The summed E-state index contributed by atoms with van der Waals surface area (Å²) >= 11 is 0. The van der Waals surface area contributed by atoms with Gasteiger partial charge in [-0.15, -0.1) is 0 Å². The third kappa shape index (κ3) is 3.82. The van der Waals surface area contributed by atoms with E-state index in [0.717, 1.165) is 0 Å². The third-order valence-corrected chi connectivity index (χ3v) is 5.13. The minimum absolute atomic E-state index is 0.142. The first-order chi connectivity index (χ1) is 15.3. The van der Waals surface area contributed by atoms with E-state index in [1.807, 2.05) is 0 Å². The Bertz CT molecular complexity index is 1290. The molecule has 3 heterocycles. The lowest BCUT2D eigenvalue weighted by Gasteiger charge is -2.19. The minimum atomic E-state index is -1.06. The Morgan fingerprint density at radius 1 is 1.22 bits per heavy atom. The van der Waals surface area contributed by atoms with Crippen molar-refractivity contribution in [2.75, 3.05) is 18.6 Å². The quantitative estimate of drug-likeness (QED) is 0.666. The molecule has 1 aliphatic heterocycles. The second kappa shape index (κ2) is 8.22. The van der Waals surface area contributed by atoms with E-state index >= 15 is 0 Å². The molecule has 0 saturated heterocycles. The highest BCUT2D eigenvalue weighted by atomic mass is 19.1. The van der Waals surface area contributed by atoms with Gasteiger partial charge in [0.25, 0.3) is 11.8 Å². The van der Waals surface area contributed by atoms with Gasteiger partial charge in [0, 0.05) is 25.0 Å². The lowest BCUT2D eigenvalue weighted by atomic mass is 10.2. The van der Waals surface area contributed by atoms with Crippen LogP contribution in [0.1, 0.15) is 21.7 Å². The molecule has 1 atom stereocenters. The number of nitrogens with one attached hydrogen (secondary N) is 1. The van der Waals surface area contributed by atoms with Gasteiger partial charge in [-0.1, -0.05) is 6.07 Å². The summed E-state index contributed by atoms with van der Waals surface area (Å²) in [4.78, 5) is 43.6. The Balaban J connectivity index is 1.63. The normalized spacial score (nSPS) is 15.6. The predicted molar refractivity (Wildman–Crippen MR) is 114 cm³/mol. The van der Waals surface area contributed by atoms with Gasteiger partial charge in [-0.25, -0.2) is 14.1 Å². The van der Waals surface area contributed by atoms with Crippen LogP contribution in [0.4, 0.5) is 10.2 Å². The summed E-state index contributed by atoms with van der Waals surface area (Å²) < 4.78 is 21.0. The van der Waals surface area contributed by atoms with Gasteiger partial charge in [0.05, 0.1) is 5.69 Å². The summed E-state index contributed by atoms with van der Waals surface area (Å²) in [5.41, 5.74) is 0.188. The molecule has 1 N–H and O–H groups in total. The topological polar surface area (TPSA) is 106 Å². The van der Waals surface area contributed by atoms with Crippen LogP contribution in [0.3, 0.4) is 0 Å². The Morgan fingerprint density at radius 3 is 2.75 bits per heavy atom. The molecule has 4 rings (SSSR count). The first kappa shape index (κ1) is 21.2. The molecule has 2 amide bonds. The molecule has 164 valence electrons. The second-order valence-corrected chi connectivity index (χ2v) is 7.40. The Labute approximate surface area is 182 Å². The van der Waals surface area contributed by atoms with E-state index in [0.29, 0.717) is 28.5 Å². The van der Waals surface area contributed by atoms with E-state index in [4.69, 9.17) is 4.74 Å². The Morgan fingerprint density at radius 2 is 2.00 bits per heavy atom. The maximum absolute atomic E-state index is 14.0. The summed E-state index contributed by atoms with van der Waals surface area (Å²) in [5.74, 6) is -1.01. The molecule has 3 aromatic rings. The van der Waals surface area contributed by atoms with Crippen molar-refractivity contribution in [2.45, 2.75) is 19.9 Å². The zero-order valence-electron chi connectivity index (χ0n) is 17.6. The maximum atomic E-state index is 14.0. The summed E-state index contributed by atoms with van der Waals surface area (Å²) in [6.45, 7) is 3.10. The number of nitrogens with zero attached hydrogens (tertiary/aromatic N) is 4. The van der Waals surface area contributed by atoms with Crippen LogP contribution in [0.25, 0.3) is 5.69 Å². The number of fused-ring (bicyclic) bond motifs is 1. The van der Waals surface area contributed by atoms with Crippen LogP contribution in [0.15, 0.2) is 47.4 Å². The molecular weight excluding hydrogens is 417 g/mol. The number of carbonyl (C=O) groups excluding carboxylic acids is 2. The lowest BCUT2D eigenvalue weighted by molar-refractivity contribution is -0.120. The monoisotopic (exact) mass is 437 g/mol. The molecule has 0 bridgehead atoms. The van der Waals surface area contributed by atoms with E-state index in [9.17, 15) is 18.8 Å². The van der Waals surface area contributed by atoms with E-state index < -0.39 is 34.8 Å². The number of amides is 2. The molecule has 0 fully saturated rings. The van der Waals surface area contributed by atoms with Crippen molar-refractivity contribution < 1.29 is 18.7 Å². The third-order valence-electron chi connectivity index (χ3n) is 5.13. The van der Waals surface area contributed by atoms with Gasteiger partial charge in [-0.05, 0) is 43.7 Å². The number of pyridine rings is 1. The smallest absolute Gasteiger partial charge is 0.276 e. The number of benzene rings is 1. The summed E-state index contributed by atoms with van der Waals surface area (Å²) in [6, 6.07) is 7.98. The molecule has 1 aromatic carbocycles. The van der Waals surface area contributed by atoms with Crippen LogP contribution in [-0.2, 0) is 4.79 Å². The van der Waals surface area contributed by atoms with Crippen LogP contribution >= 0.6 is 0 Å². The molecular formula is C22H20FN5O4. The maximum Gasteiger partial charge on any atom is 0.276 e. The van der Waals surface area contributed by atoms with Gasteiger partial charge in [0.15, 0.2) is 17.3 Å². The van der Waals surface area contributed by atoms with Crippen molar-refractivity contribution >= 4 is 17.6 Å². The van der Waals surface area contributed by atoms with Crippen LogP contribution in [0.2, 0.25) is 0 Å². The molecule has 10 heteroatoms. The number of hydrogen-bond donors (Lipinski definition) is 1. The van der Waals surface area contributed by atoms with E-state index in [-0.39, 0.29) is 6.61 Å². The molecule has 32 heavy (non-hydrogen) atoms. The fourth-order valence-electron chi connectivity index (χ4n) is 3.34. The van der Waals surface area contributed by atoms with Gasteiger partial charge in [-0.2, -0.15) is 5.10 Å². The number of halogens is 1. The number of anilines is 1. The Hall–Kier alpha value is -4.08. The first-order valence-electron chi connectivity index (χ1n) is 9.80. The van der Waals surface area contributed by atoms with E-state index in [2.05, 4.69) is 15.4 Å². The molecule has 0 saturated carbocycles. The molecule has 0 spiro atoms. The number of carbonyl (C=O) groups is 2. The van der Waals surface area contributed by atoms with Crippen LogP contribution in [-0.4, -0.2) is 46.3 Å². The largest absolute Gasteiger partial charge is 0.487 e. The van der Waals surface area contributed by atoms with Gasteiger partial charge >= 0.3 is 0 Å². The van der Waals surface area contributed by atoms with Gasteiger partial charge < -0.3 is 10.1 Å². The minimum Gasteiger partial charge on any atom is -0.487 e. The summed E-state index contributed by atoms with van der Waals surface area (Å²) in [7, 11) is 1.52. The van der Waals surface area contributed by atoms with Gasteiger partial charge in [0.1, 0.15) is 18.5 Å². The second-order valence-electron chi connectivity index (χ2n) is 7.40.